The van der Waals surface area contributed by atoms with E-state index in [9.17, 15) is 16.8 Å². The summed E-state index contributed by atoms with van der Waals surface area (Å²) in [6, 6.07) is 24.8. The fraction of sp³-hybridized carbons (Fsp3) is 0.294. The third-order valence-corrected chi connectivity index (χ3v) is 9.79. The van der Waals surface area contributed by atoms with Gasteiger partial charge < -0.3 is 9.47 Å². The van der Waals surface area contributed by atoms with Crippen molar-refractivity contribution in [2.45, 2.75) is 49.3 Å². The SMILES string of the molecule is COc1ccc(CCCOS(=O)(=O)c2ccc(C)cc2)cc1-c1cc(CCCOS(=O)(=O)c2ccc(C)cc2)ccc1OC. The van der Waals surface area contributed by atoms with E-state index >= 15 is 0 Å². The molecule has 44 heavy (non-hydrogen) atoms. The molecule has 0 bridgehead atoms. The average Bonchev–Trinajstić information content (AvgIpc) is 3.01. The maximum absolute atomic E-state index is 12.5. The lowest BCUT2D eigenvalue weighted by Crippen LogP contribution is -2.08. The van der Waals surface area contributed by atoms with Gasteiger partial charge in [0.1, 0.15) is 11.5 Å². The highest BCUT2D eigenvalue weighted by Gasteiger charge is 2.17. The zero-order chi connectivity index (χ0) is 31.7. The summed E-state index contributed by atoms with van der Waals surface area (Å²) < 4.78 is 71.9. The van der Waals surface area contributed by atoms with E-state index in [1.54, 1.807) is 62.8 Å². The number of methoxy groups -OCH3 is 2. The molecule has 4 aromatic carbocycles. The predicted molar refractivity (Wildman–Crippen MR) is 170 cm³/mol. The Morgan fingerprint density at radius 3 is 1.23 bits per heavy atom. The van der Waals surface area contributed by atoms with Crippen LogP contribution in [0.4, 0.5) is 0 Å². The van der Waals surface area contributed by atoms with E-state index in [-0.39, 0.29) is 23.0 Å². The van der Waals surface area contributed by atoms with Gasteiger partial charge >= 0.3 is 0 Å². The maximum atomic E-state index is 12.5. The van der Waals surface area contributed by atoms with Crippen molar-refractivity contribution < 1.29 is 34.7 Å². The van der Waals surface area contributed by atoms with Gasteiger partial charge in [-0.2, -0.15) is 16.8 Å². The van der Waals surface area contributed by atoms with Gasteiger partial charge in [-0.15, -0.1) is 0 Å². The Kier molecular flexibility index (Phi) is 11.2. The summed E-state index contributed by atoms with van der Waals surface area (Å²) in [4.78, 5) is 0.280. The molecule has 0 aliphatic carbocycles. The fourth-order valence-corrected chi connectivity index (χ4v) is 6.56. The van der Waals surface area contributed by atoms with E-state index in [0.717, 1.165) is 33.4 Å². The minimum absolute atomic E-state index is 0.0537. The lowest BCUT2D eigenvalue weighted by atomic mass is 9.96. The molecule has 0 saturated heterocycles. The first-order valence-corrected chi connectivity index (χ1v) is 17.1. The lowest BCUT2D eigenvalue weighted by molar-refractivity contribution is 0.311. The van der Waals surface area contributed by atoms with Crippen LogP contribution in [-0.2, 0) is 41.4 Å². The number of aryl methyl sites for hydroxylation is 4. The summed E-state index contributed by atoms with van der Waals surface area (Å²) in [5, 5.41) is 0. The highest BCUT2D eigenvalue weighted by atomic mass is 32.2. The van der Waals surface area contributed by atoms with Crippen LogP contribution in [0.25, 0.3) is 11.1 Å². The van der Waals surface area contributed by atoms with Crippen molar-refractivity contribution in [1.82, 2.24) is 0 Å². The Hall–Kier alpha value is -3.70. The minimum Gasteiger partial charge on any atom is -0.496 e. The number of ether oxygens (including phenoxy) is 2. The van der Waals surface area contributed by atoms with Crippen LogP contribution < -0.4 is 9.47 Å². The highest BCUT2D eigenvalue weighted by Crippen LogP contribution is 2.38. The van der Waals surface area contributed by atoms with Crippen molar-refractivity contribution in [1.29, 1.82) is 0 Å². The zero-order valence-electron chi connectivity index (χ0n) is 25.4. The van der Waals surface area contributed by atoms with Crippen LogP contribution in [0.1, 0.15) is 35.1 Å². The van der Waals surface area contributed by atoms with Gasteiger partial charge in [0, 0.05) is 11.1 Å². The Bertz CT molecular complexity index is 1630. The van der Waals surface area contributed by atoms with Gasteiger partial charge in [-0.3, -0.25) is 8.37 Å². The first-order valence-electron chi connectivity index (χ1n) is 14.3. The summed E-state index contributed by atoms with van der Waals surface area (Å²) in [6.07, 6.45) is 2.18. The van der Waals surface area contributed by atoms with Gasteiger partial charge in [-0.25, -0.2) is 0 Å². The summed E-state index contributed by atoms with van der Waals surface area (Å²) in [6.45, 7) is 3.89. The Morgan fingerprint density at radius 1 is 0.523 bits per heavy atom. The molecule has 0 spiro atoms. The van der Waals surface area contributed by atoms with E-state index < -0.39 is 20.2 Å². The quantitative estimate of drug-likeness (QED) is 0.105. The van der Waals surface area contributed by atoms with Crippen LogP contribution >= 0.6 is 0 Å². The number of hydrogen-bond donors (Lipinski definition) is 0. The van der Waals surface area contributed by atoms with Crippen LogP contribution in [0.5, 0.6) is 11.5 Å². The number of rotatable bonds is 15. The zero-order valence-corrected chi connectivity index (χ0v) is 27.0. The molecule has 0 atom stereocenters. The Balaban J connectivity index is 1.41. The molecule has 8 nitrogen and oxygen atoms in total. The molecule has 0 aliphatic heterocycles. The van der Waals surface area contributed by atoms with Crippen LogP contribution in [0.2, 0.25) is 0 Å². The van der Waals surface area contributed by atoms with E-state index in [4.69, 9.17) is 17.8 Å². The van der Waals surface area contributed by atoms with Gasteiger partial charge in [0.05, 0.1) is 37.2 Å². The smallest absolute Gasteiger partial charge is 0.296 e. The summed E-state index contributed by atoms with van der Waals surface area (Å²) in [7, 11) is -4.44. The van der Waals surface area contributed by atoms with Gasteiger partial charge in [0.2, 0.25) is 0 Å². The summed E-state index contributed by atoms with van der Waals surface area (Å²) in [5.41, 5.74) is 5.57. The molecule has 0 heterocycles. The average molecular weight is 639 g/mol. The third-order valence-electron chi connectivity index (χ3n) is 7.13. The van der Waals surface area contributed by atoms with Crippen LogP contribution in [0.15, 0.2) is 94.7 Å². The number of hydrogen-bond acceptors (Lipinski definition) is 8. The molecule has 0 radical (unpaired) electrons. The number of benzene rings is 4. The predicted octanol–water partition coefficient (Wildman–Crippen LogP) is 6.66. The summed E-state index contributed by atoms with van der Waals surface area (Å²) in [5.74, 6) is 1.32. The van der Waals surface area contributed by atoms with Crippen molar-refractivity contribution in [2.75, 3.05) is 27.4 Å². The minimum atomic E-state index is -3.82. The van der Waals surface area contributed by atoms with Crippen molar-refractivity contribution in [3.05, 3.63) is 107 Å². The second kappa shape index (κ2) is 14.9. The fourth-order valence-electron chi connectivity index (χ4n) is 4.68. The molecule has 234 valence electrons. The molecule has 0 N–H and O–H groups in total. The molecule has 0 aromatic heterocycles. The van der Waals surface area contributed by atoms with E-state index in [2.05, 4.69) is 0 Å². The molecular formula is C34H38O8S2. The van der Waals surface area contributed by atoms with E-state index in [1.165, 1.54) is 0 Å². The second-order valence-corrected chi connectivity index (χ2v) is 13.7. The van der Waals surface area contributed by atoms with Gasteiger partial charge in [-0.1, -0.05) is 47.5 Å². The van der Waals surface area contributed by atoms with Crippen LogP contribution in [-0.4, -0.2) is 44.3 Å². The highest BCUT2D eigenvalue weighted by molar-refractivity contribution is 7.87. The second-order valence-electron chi connectivity index (χ2n) is 10.5. The Morgan fingerprint density at radius 2 is 0.886 bits per heavy atom. The van der Waals surface area contributed by atoms with Crippen LogP contribution in [0, 0.1) is 13.8 Å². The molecular weight excluding hydrogens is 601 g/mol. The van der Waals surface area contributed by atoms with E-state index in [0.29, 0.717) is 37.2 Å². The molecule has 0 saturated carbocycles. The Labute approximate surface area is 260 Å². The first-order chi connectivity index (χ1) is 21.0. The van der Waals surface area contributed by atoms with Crippen LogP contribution in [0.3, 0.4) is 0 Å². The molecule has 4 rings (SSSR count). The standard InChI is InChI=1S/C34H38O8S2/c1-25-9-15-29(16-10-25)43(35,36)41-21-5-7-27-13-19-33(39-3)31(23-27)32-24-28(14-20-34(32)40-4)8-6-22-42-44(37,38)30-17-11-26(2)12-18-30/h9-20,23-24H,5-8,21-22H2,1-4H3. The van der Waals surface area contributed by atoms with E-state index in [1.807, 2.05) is 50.2 Å². The molecule has 0 amide bonds. The van der Waals surface area contributed by atoms with Gasteiger partial charge in [0.15, 0.2) is 0 Å². The molecule has 0 fully saturated rings. The normalized spacial score (nSPS) is 11.8. The molecule has 4 aromatic rings. The van der Waals surface area contributed by atoms with Crippen molar-refractivity contribution in [3.63, 3.8) is 0 Å². The largest absolute Gasteiger partial charge is 0.496 e. The molecule has 0 aliphatic rings. The van der Waals surface area contributed by atoms with Crippen molar-refractivity contribution in [3.8, 4) is 22.6 Å². The van der Waals surface area contributed by atoms with Crippen molar-refractivity contribution >= 4 is 20.2 Å². The van der Waals surface area contributed by atoms with Gasteiger partial charge in [0.25, 0.3) is 20.2 Å². The maximum Gasteiger partial charge on any atom is 0.296 e. The molecule has 0 unspecified atom stereocenters. The topological polar surface area (TPSA) is 105 Å². The molecule has 10 heteroatoms. The lowest BCUT2D eigenvalue weighted by Gasteiger charge is -2.16. The summed E-state index contributed by atoms with van der Waals surface area (Å²) >= 11 is 0. The van der Waals surface area contributed by atoms with Gasteiger partial charge in [-0.05, 0) is 99.2 Å². The monoisotopic (exact) mass is 638 g/mol. The van der Waals surface area contributed by atoms with Crippen molar-refractivity contribution in [2.24, 2.45) is 0 Å². The first kappa shape index (κ1) is 33.2. The third kappa shape index (κ3) is 8.69.